The van der Waals surface area contributed by atoms with Crippen LogP contribution in [0.5, 0.6) is 0 Å². The topological polar surface area (TPSA) is 146 Å². The van der Waals surface area contributed by atoms with Crippen molar-refractivity contribution in [3.63, 3.8) is 0 Å². The summed E-state index contributed by atoms with van der Waals surface area (Å²) in [6.07, 6.45) is -1.30. The van der Waals surface area contributed by atoms with Gasteiger partial charge in [-0.1, -0.05) is 12.8 Å². The molecule has 176 valence electrons. The molecule has 2 aliphatic rings. The van der Waals surface area contributed by atoms with Crippen molar-refractivity contribution in [2.45, 2.75) is 56.8 Å². The lowest BCUT2D eigenvalue weighted by Crippen LogP contribution is -2.54. The van der Waals surface area contributed by atoms with E-state index in [1.165, 1.54) is 0 Å². The molecule has 0 aromatic carbocycles. The van der Waals surface area contributed by atoms with E-state index in [9.17, 15) is 32.3 Å². The zero-order valence-corrected chi connectivity index (χ0v) is 17.3. The molecular weight excluding hydrogens is 431 g/mol. The first kappa shape index (κ1) is 23.6. The molecule has 1 aromatic heterocycles. The third-order valence-corrected chi connectivity index (χ3v) is 5.70. The summed E-state index contributed by atoms with van der Waals surface area (Å²) in [7, 11) is 0. The van der Waals surface area contributed by atoms with E-state index >= 15 is 0 Å². The number of carbonyl (C=O) groups is 4. The van der Waals surface area contributed by atoms with Crippen LogP contribution in [-0.2, 0) is 20.6 Å². The third-order valence-electron chi connectivity index (χ3n) is 5.70. The molecule has 2 heterocycles. The van der Waals surface area contributed by atoms with Gasteiger partial charge in [-0.25, -0.2) is 0 Å². The normalized spacial score (nSPS) is 20.7. The van der Waals surface area contributed by atoms with Crippen LogP contribution in [-0.4, -0.2) is 47.2 Å². The van der Waals surface area contributed by atoms with Crippen LogP contribution in [0.25, 0.3) is 0 Å². The Kier molecular flexibility index (Phi) is 7.09. The highest BCUT2D eigenvalue weighted by atomic mass is 19.4. The van der Waals surface area contributed by atoms with Gasteiger partial charge in [-0.05, 0) is 43.7 Å². The van der Waals surface area contributed by atoms with Crippen molar-refractivity contribution >= 4 is 23.6 Å². The van der Waals surface area contributed by atoms with Gasteiger partial charge < -0.3 is 26.7 Å². The van der Waals surface area contributed by atoms with Crippen molar-refractivity contribution in [3.05, 3.63) is 23.5 Å². The minimum absolute atomic E-state index is 0.0303. The Morgan fingerprint density at radius 1 is 1.09 bits per heavy atom. The van der Waals surface area contributed by atoms with Gasteiger partial charge in [-0.15, -0.1) is 0 Å². The molecule has 3 unspecified atom stereocenters. The number of carbonyl (C=O) groups excluding carboxylic acids is 4. The molecule has 1 saturated carbocycles. The Morgan fingerprint density at radius 3 is 2.38 bits per heavy atom. The molecule has 0 bridgehead atoms. The predicted molar refractivity (Wildman–Crippen MR) is 106 cm³/mol. The first-order valence-corrected chi connectivity index (χ1v) is 10.5. The van der Waals surface area contributed by atoms with E-state index < -0.39 is 47.6 Å². The summed E-state index contributed by atoms with van der Waals surface area (Å²) in [6.45, 7) is 0.549. The van der Waals surface area contributed by atoms with Crippen molar-refractivity contribution in [1.82, 2.24) is 20.9 Å². The van der Waals surface area contributed by atoms with Crippen molar-refractivity contribution < 1.29 is 32.3 Å². The van der Waals surface area contributed by atoms with Crippen LogP contribution in [0.1, 0.15) is 54.7 Å². The number of piperidine rings is 1. The van der Waals surface area contributed by atoms with Crippen molar-refractivity contribution in [2.24, 2.45) is 17.6 Å². The van der Waals surface area contributed by atoms with Crippen molar-refractivity contribution in [3.8, 4) is 0 Å². The fourth-order valence-corrected chi connectivity index (χ4v) is 3.71. The lowest BCUT2D eigenvalue weighted by molar-refractivity contribution is -0.140. The monoisotopic (exact) mass is 457 g/mol. The van der Waals surface area contributed by atoms with Crippen LogP contribution < -0.4 is 21.7 Å². The Balaban J connectivity index is 1.66. The maximum absolute atomic E-state index is 12.9. The molecule has 1 aliphatic heterocycles. The van der Waals surface area contributed by atoms with Gasteiger partial charge in [-0.3, -0.25) is 19.2 Å². The molecular formula is C20H26F3N5O4. The van der Waals surface area contributed by atoms with Gasteiger partial charge >= 0.3 is 6.18 Å². The molecule has 1 aromatic rings. The van der Waals surface area contributed by atoms with E-state index in [-0.39, 0.29) is 30.4 Å². The summed E-state index contributed by atoms with van der Waals surface area (Å²) in [5.41, 5.74) is 4.00. The molecule has 32 heavy (non-hydrogen) atoms. The highest BCUT2D eigenvalue weighted by molar-refractivity contribution is 5.97. The van der Waals surface area contributed by atoms with Gasteiger partial charge in [0.05, 0.1) is 0 Å². The maximum Gasteiger partial charge on any atom is 0.431 e. The van der Waals surface area contributed by atoms with Crippen LogP contribution >= 0.6 is 0 Å². The van der Waals surface area contributed by atoms with E-state index in [1.807, 2.05) is 4.98 Å². The number of hydrogen-bond donors (Lipinski definition) is 5. The molecule has 3 rings (SSSR count). The van der Waals surface area contributed by atoms with Crippen LogP contribution in [0.2, 0.25) is 0 Å². The average Bonchev–Trinajstić information content (AvgIpc) is 3.37. The number of aromatic nitrogens is 1. The quantitative estimate of drug-likeness (QED) is 0.374. The average molecular weight is 457 g/mol. The van der Waals surface area contributed by atoms with E-state index in [4.69, 9.17) is 5.73 Å². The second kappa shape index (κ2) is 9.61. The number of hydrogen-bond acceptors (Lipinski definition) is 4. The number of aromatic amines is 1. The SMILES string of the molecule is NC(=O)C(CC1CCCNC1=O)NC(=O)C(CC1CC1)NC(=O)c1ccc(C(F)(F)F)[nH]1. The molecule has 4 amide bonds. The zero-order valence-electron chi connectivity index (χ0n) is 17.3. The van der Waals surface area contributed by atoms with E-state index in [1.54, 1.807) is 0 Å². The minimum Gasteiger partial charge on any atom is -0.368 e. The number of halogens is 3. The Hall–Kier alpha value is -3.05. The minimum atomic E-state index is -4.64. The van der Waals surface area contributed by atoms with Crippen LogP contribution in [0.3, 0.4) is 0 Å². The Morgan fingerprint density at radius 2 is 1.81 bits per heavy atom. The standard InChI is InChI=1S/C20H26F3N5O4/c21-20(22,23)15-6-5-12(26-15)18(31)28-14(8-10-3-4-10)19(32)27-13(16(24)29)9-11-2-1-7-25-17(11)30/h5-6,10-11,13-14,26H,1-4,7-9H2,(H2,24,29)(H,25,30)(H,27,32)(H,28,31). The van der Waals surface area contributed by atoms with Gasteiger partial charge in [0.2, 0.25) is 17.7 Å². The van der Waals surface area contributed by atoms with Gasteiger partial charge in [0, 0.05) is 12.5 Å². The van der Waals surface area contributed by atoms with Gasteiger partial charge in [0.25, 0.3) is 5.91 Å². The lowest BCUT2D eigenvalue weighted by atomic mass is 9.91. The number of amides is 4. The first-order chi connectivity index (χ1) is 15.0. The molecule has 12 heteroatoms. The van der Waals surface area contributed by atoms with Crippen LogP contribution in [0.4, 0.5) is 13.2 Å². The predicted octanol–water partition coefficient (Wildman–Crippen LogP) is 0.818. The van der Waals surface area contributed by atoms with E-state index in [0.29, 0.717) is 13.0 Å². The molecule has 0 radical (unpaired) electrons. The molecule has 2 fully saturated rings. The van der Waals surface area contributed by atoms with E-state index in [0.717, 1.165) is 31.4 Å². The maximum atomic E-state index is 12.9. The number of nitrogens with two attached hydrogens (primary N) is 1. The van der Waals surface area contributed by atoms with Crippen LogP contribution in [0.15, 0.2) is 12.1 Å². The number of rotatable bonds is 9. The number of alkyl halides is 3. The summed E-state index contributed by atoms with van der Waals surface area (Å²) < 4.78 is 38.3. The van der Waals surface area contributed by atoms with Crippen LogP contribution in [0, 0.1) is 11.8 Å². The third kappa shape index (κ3) is 6.24. The van der Waals surface area contributed by atoms with Gasteiger partial charge in [-0.2, -0.15) is 13.2 Å². The van der Waals surface area contributed by atoms with Crippen molar-refractivity contribution in [1.29, 1.82) is 0 Å². The first-order valence-electron chi connectivity index (χ1n) is 10.5. The number of nitrogens with one attached hydrogen (secondary N) is 4. The summed E-state index contributed by atoms with van der Waals surface area (Å²) in [5.74, 6) is -2.86. The molecule has 9 nitrogen and oxygen atoms in total. The summed E-state index contributed by atoms with van der Waals surface area (Å²) in [5, 5.41) is 7.65. The molecule has 0 spiro atoms. The smallest absolute Gasteiger partial charge is 0.368 e. The summed E-state index contributed by atoms with van der Waals surface area (Å²) >= 11 is 0. The Bertz CT molecular complexity index is 881. The summed E-state index contributed by atoms with van der Waals surface area (Å²) in [6, 6.07) is -0.451. The fraction of sp³-hybridized carbons (Fsp3) is 0.600. The van der Waals surface area contributed by atoms with E-state index in [2.05, 4.69) is 16.0 Å². The molecule has 1 saturated heterocycles. The lowest BCUT2D eigenvalue weighted by Gasteiger charge is -2.27. The molecule has 6 N–H and O–H groups in total. The Labute approximate surface area is 182 Å². The van der Waals surface area contributed by atoms with Gasteiger partial charge in [0.1, 0.15) is 23.5 Å². The molecule has 3 atom stereocenters. The number of primary amides is 1. The fourth-order valence-electron chi connectivity index (χ4n) is 3.71. The second-order valence-corrected chi connectivity index (χ2v) is 8.32. The zero-order chi connectivity index (χ0) is 23.5. The van der Waals surface area contributed by atoms with Gasteiger partial charge in [0.15, 0.2) is 0 Å². The molecule has 1 aliphatic carbocycles. The number of H-pyrrole nitrogens is 1. The largest absolute Gasteiger partial charge is 0.431 e. The summed E-state index contributed by atoms with van der Waals surface area (Å²) in [4.78, 5) is 51.2. The highest BCUT2D eigenvalue weighted by Gasteiger charge is 2.36. The highest BCUT2D eigenvalue weighted by Crippen LogP contribution is 2.34. The van der Waals surface area contributed by atoms with Crippen molar-refractivity contribution in [2.75, 3.05) is 6.54 Å². The second-order valence-electron chi connectivity index (χ2n) is 8.32.